The molecular weight excluding hydrogens is 362 g/mol. The van der Waals surface area contributed by atoms with Gasteiger partial charge in [0.05, 0.1) is 5.69 Å². The van der Waals surface area contributed by atoms with Crippen molar-refractivity contribution in [2.45, 2.75) is 19.0 Å². The van der Waals surface area contributed by atoms with E-state index >= 15 is 0 Å². The molecule has 2 unspecified atom stereocenters. The number of ether oxygens (including phenoxy) is 1. The number of rotatable bonds is 5. The first kappa shape index (κ1) is 18.4. The smallest absolute Gasteiger partial charge is 0.127 e. The Balaban J connectivity index is 1.31. The van der Waals surface area contributed by atoms with E-state index in [1.807, 2.05) is 54.2 Å². The van der Waals surface area contributed by atoms with Crippen molar-refractivity contribution < 1.29 is 4.74 Å². The Morgan fingerprint density at radius 2 is 1.86 bits per heavy atom. The zero-order valence-corrected chi connectivity index (χ0v) is 16.7. The number of para-hydroxylation sites is 1. The molecule has 2 N–H and O–H groups in total. The van der Waals surface area contributed by atoms with Crippen LogP contribution in [0.1, 0.15) is 12.0 Å². The zero-order chi connectivity index (χ0) is 19.6. The summed E-state index contributed by atoms with van der Waals surface area (Å²) in [6.45, 7) is 4.25. The number of nitrogens with one attached hydrogen (secondary N) is 2. The Bertz CT molecular complexity index is 953. The zero-order valence-electron chi connectivity index (χ0n) is 16.7. The first-order chi connectivity index (χ1) is 14.2. The monoisotopic (exact) mass is 389 g/mol. The number of nitrogens with zero attached hydrogens (tertiary/aromatic N) is 3. The number of hydrazine groups is 1. The number of aryl methyl sites for hydroxylation is 1. The highest BCUT2D eigenvalue weighted by Crippen LogP contribution is 2.29. The summed E-state index contributed by atoms with van der Waals surface area (Å²) in [5, 5.41) is 4.75. The van der Waals surface area contributed by atoms with Crippen LogP contribution in [0.5, 0.6) is 11.5 Å². The molecule has 0 amide bonds. The highest BCUT2D eigenvalue weighted by molar-refractivity contribution is 5.63. The molecule has 3 heterocycles. The summed E-state index contributed by atoms with van der Waals surface area (Å²) < 4.78 is 7.84. The summed E-state index contributed by atoms with van der Waals surface area (Å²) >= 11 is 0. The number of likely N-dealkylation sites (tertiary alicyclic amines) is 1. The van der Waals surface area contributed by atoms with Gasteiger partial charge >= 0.3 is 0 Å². The van der Waals surface area contributed by atoms with E-state index in [2.05, 4.69) is 34.1 Å². The van der Waals surface area contributed by atoms with Gasteiger partial charge < -0.3 is 4.74 Å². The van der Waals surface area contributed by atoms with E-state index in [-0.39, 0.29) is 0 Å². The maximum absolute atomic E-state index is 5.92. The van der Waals surface area contributed by atoms with Gasteiger partial charge in [0.1, 0.15) is 11.5 Å². The second-order valence-electron chi connectivity index (χ2n) is 8.03. The summed E-state index contributed by atoms with van der Waals surface area (Å²) in [6.07, 6.45) is 3.35. The first-order valence-corrected chi connectivity index (χ1v) is 10.3. The van der Waals surface area contributed by atoms with Gasteiger partial charge in [-0.05, 0) is 42.8 Å². The van der Waals surface area contributed by atoms with Gasteiger partial charge in [-0.1, -0.05) is 18.2 Å². The standard InChI is InChI=1S/C23H27N5O/c1-27-14-19(16-28-12-11-22-18(15-28)13-24-25-22)23(26-27)17-7-9-21(10-8-17)29-20-5-3-2-4-6-20/h2-10,14,18,22,24-25H,11-13,15-16H2,1H3. The lowest BCUT2D eigenvalue weighted by atomic mass is 9.94. The molecule has 2 saturated heterocycles. The van der Waals surface area contributed by atoms with E-state index in [1.165, 1.54) is 12.0 Å². The lowest BCUT2D eigenvalue weighted by Crippen LogP contribution is -2.44. The molecule has 6 heteroatoms. The molecule has 2 fully saturated rings. The fraction of sp³-hybridized carbons (Fsp3) is 0.348. The molecule has 29 heavy (non-hydrogen) atoms. The highest BCUT2D eigenvalue weighted by Gasteiger charge is 2.33. The molecule has 0 spiro atoms. The molecule has 2 aromatic carbocycles. The molecule has 5 rings (SSSR count). The minimum absolute atomic E-state index is 0.622. The van der Waals surface area contributed by atoms with E-state index in [0.29, 0.717) is 12.0 Å². The van der Waals surface area contributed by atoms with Crippen LogP contribution in [-0.4, -0.2) is 40.4 Å². The van der Waals surface area contributed by atoms with Crippen molar-refractivity contribution >= 4 is 0 Å². The number of benzene rings is 2. The second-order valence-corrected chi connectivity index (χ2v) is 8.03. The van der Waals surface area contributed by atoms with Crippen molar-refractivity contribution in [1.82, 2.24) is 25.5 Å². The number of hydrogen-bond donors (Lipinski definition) is 2. The third-order valence-corrected chi connectivity index (χ3v) is 5.87. The summed E-state index contributed by atoms with van der Waals surface area (Å²) in [6, 6.07) is 18.7. The fourth-order valence-corrected chi connectivity index (χ4v) is 4.41. The van der Waals surface area contributed by atoms with Gasteiger partial charge in [-0.25, -0.2) is 0 Å². The molecule has 2 aliphatic heterocycles. The van der Waals surface area contributed by atoms with Crippen molar-refractivity contribution in [2.75, 3.05) is 19.6 Å². The topological polar surface area (TPSA) is 54.3 Å². The van der Waals surface area contributed by atoms with Crippen LogP contribution in [0.3, 0.4) is 0 Å². The van der Waals surface area contributed by atoms with Gasteiger partial charge in [0.15, 0.2) is 0 Å². The molecule has 2 atom stereocenters. The maximum Gasteiger partial charge on any atom is 0.127 e. The quantitative estimate of drug-likeness (QED) is 0.702. The SMILES string of the molecule is Cn1cc(CN2CCC3NNCC3C2)c(-c2ccc(Oc3ccccc3)cc2)n1. The molecule has 0 radical (unpaired) electrons. The van der Waals surface area contributed by atoms with E-state index in [1.54, 1.807) is 0 Å². The number of hydrogen-bond acceptors (Lipinski definition) is 5. The Kier molecular flexibility index (Phi) is 5.06. The van der Waals surface area contributed by atoms with Crippen molar-refractivity contribution in [3.05, 3.63) is 66.4 Å². The molecule has 150 valence electrons. The van der Waals surface area contributed by atoms with Crippen LogP contribution in [0, 0.1) is 5.92 Å². The summed E-state index contributed by atoms with van der Waals surface area (Å²) in [5.41, 5.74) is 10.2. The molecule has 2 aliphatic rings. The van der Waals surface area contributed by atoms with Crippen LogP contribution in [0.15, 0.2) is 60.8 Å². The average molecular weight is 390 g/mol. The van der Waals surface area contributed by atoms with Crippen molar-refractivity contribution in [3.63, 3.8) is 0 Å². The van der Waals surface area contributed by atoms with Crippen LogP contribution in [0.4, 0.5) is 0 Å². The van der Waals surface area contributed by atoms with Crippen LogP contribution in [0.25, 0.3) is 11.3 Å². The van der Waals surface area contributed by atoms with Crippen LogP contribution in [-0.2, 0) is 13.6 Å². The van der Waals surface area contributed by atoms with Gasteiger partial charge in [0, 0.05) is 62.5 Å². The molecule has 1 aromatic heterocycles. The minimum Gasteiger partial charge on any atom is -0.457 e. The molecule has 0 saturated carbocycles. The largest absolute Gasteiger partial charge is 0.457 e. The number of piperidine rings is 1. The maximum atomic E-state index is 5.92. The van der Waals surface area contributed by atoms with Crippen molar-refractivity contribution in [3.8, 4) is 22.8 Å². The summed E-state index contributed by atoms with van der Waals surface area (Å²) in [4.78, 5) is 2.56. The third kappa shape index (κ3) is 4.05. The summed E-state index contributed by atoms with van der Waals surface area (Å²) in [5.74, 6) is 2.37. The number of aromatic nitrogens is 2. The van der Waals surface area contributed by atoms with Crippen molar-refractivity contribution in [2.24, 2.45) is 13.0 Å². The Morgan fingerprint density at radius 1 is 1.07 bits per heavy atom. The molecule has 0 bridgehead atoms. The first-order valence-electron chi connectivity index (χ1n) is 10.3. The normalized spacial score (nSPS) is 21.8. The Hall–Kier alpha value is -2.67. The van der Waals surface area contributed by atoms with Gasteiger partial charge in [-0.15, -0.1) is 0 Å². The molecular formula is C23H27N5O. The van der Waals surface area contributed by atoms with Crippen LogP contribution in [0.2, 0.25) is 0 Å². The van der Waals surface area contributed by atoms with Gasteiger partial charge in [-0.3, -0.25) is 20.4 Å². The predicted octanol–water partition coefficient (Wildman–Crippen LogP) is 3.18. The van der Waals surface area contributed by atoms with Crippen LogP contribution >= 0.6 is 0 Å². The molecule has 0 aliphatic carbocycles. The van der Waals surface area contributed by atoms with E-state index in [0.717, 1.165) is 48.9 Å². The van der Waals surface area contributed by atoms with Crippen molar-refractivity contribution in [1.29, 1.82) is 0 Å². The predicted molar refractivity (Wildman–Crippen MR) is 113 cm³/mol. The third-order valence-electron chi connectivity index (χ3n) is 5.87. The minimum atomic E-state index is 0.622. The Morgan fingerprint density at radius 3 is 2.69 bits per heavy atom. The van der Waals surface area contributed by atoms with Crippen LogP contribution < -0.4 is 15.6 Å². The van der Waals surface area contributed by atoms with Gasteiger partial charge in [0.2, 0.25) is 0 Å². The number of fused-ring (bicyclic) bond motifs is 1. The molecule has 6 nitrogen and oxygen atoms in total. The van der Waals surface area contributed by atoms with E-state index in [9.17, 15) is 0 Å². The average Bonchev–Trinajstić information content (AvgIpc) is 3.35. The Labute approximate surface area is 171 Å². The van der Waals surface area contributed by atoms with E-state index < -0.39 is 0 Å². The lowest BCUT2D eigenvalue weighted by molar-refractivity contribution is 0.161. The lowest BCUT2D eigenvalue weighted by Gasteiger charge is -2.34. The summed E-state index contributed by atoms with van der Waals surface area (Å²) in [7, 11) is 2.00. The van der Waals surface area contributed by atoms with Gasteiger partial charge in [0.25, 0.3) is 0 Å². The fourth-order valence-electron chi connectivity index (χ4n) is 4.41. The molecule has 3 aromatic rings. The van der Waals surface area contributed by atoms with E-state index in [4.69, 9.17) is 9.84 Å². The van der Waals surface area contributed by atoms with Gasteiger partial charge in [-0.2, -0.15) is 5.10 Å². The second kappa shape index (κ2) is 7.99. The highest BCUT2D eigenvalue weighted by atomic mass is 16.5.